The second-order valence-electron chi connectivity index (χ2n) is 7.29. The Morgan fingerprint density at radius 2 is 2.26 bits per heavy atom. The molecule has 0 bridgehead atoms. The normalized spacial score (nSPS) is 21.0. The Bertz CT molecular complexity index is 617. The van der Waals surface area contributed by atoms with Crippen molar-refractivity contribution < 1.29 is 5.11 Å². The van der Waals surface area contributed by atoms with Crippen LogP contribution in [0.1, 0.15) is 56.8 Å². The van der Waals surface area contributed by atoms with Gasteiger partial charge in [0.1, 0.15) is 12.2 Å². The molecule has 0 unspecified atom stereocenters. The van der Waals surface area contributed by atoms with Crippen molar-refractivity contribution in [3.05, 3.63) is 34.5 Å². The first-order valence-corrected chi connectivity index (χ1v) is 9.18. The van der Waals surface area contributed by atoms with Crippen LogP contribution in [0.5, 0.6) is 0 Å². The second-order valence-corrected chi connectivity index (χ2v) is 8.27. The zero-order valence-corrected chi connectivity index (χ0v) is 15.0. The van der Waals surface area contributed by atoms with Gasteiger partial charge in [-0.3, -0.25) is 4.90 Å². The smallest absolute Gasteiger partial charge is 0.141 e. The van der Waals surface area contributed by atoms with Gasteiger partial charge in [-0.2, -0.15) is 5.10 Å². The number of hydrogen-bond donors (Lipinski definition) is 1. The molecule has 0 radical (unpaired) electrons. The summed E-state index contributed by atoms with van der Waals surface area (Å²) in [6.45, 7) is 8.31. The molecule has 1 saturated heterocycles. The minimum absolute atomic E-state index is 0.0580. The molecule has 0 saturated carbocycles. The first-order valence-electron chi connectivity index (χ1n) is 8.30. The molecule has 23 heavy (non-hydrogen) atoms. The minimum atomic E-state index is -0.360. The molecule has 3 rings (SSSR count). The summed E-state index contributed by atoms with van der Waals surface area (Å²) in [5, 5.41) is 16.9. The summed E-state index contributed by atoms with van der Waals surface area (Å²) in [6, 6.07) is 4.43. The van der Waals surface area contributed by atoms with Crippen molar-refractivity contribution in [2.75, 3.05) is 6.54 Å². The molecular weight excluding hydrogens is 308 g/mol. The van der Waals surface area contributed by atoms with Crippen LogP contribution >= 0.6 is 11.3 Å². The topological polar surface area (TPSA) is 54.2 Å². The minimum Gasteiger partial charge on any atom is -0.388 e. The van der Waals surface area contributed by atoms with Gasteiger partial charge < -0.3 is 5.11 Å². The molecule has 0 spiro atoms. The van der Waals surface area contributed by atoms with E-state index in [-0.39, 0.29) is 11.6 Å². The van der Waals surface area contributed by atoms with Crippen LogP contribution in [0.15, 0.2) is 23.8 Å². The Labute approximate surface area is 142 Å². The summed E-state index contributed by atoms with van der Waals surface area (Å²) < 4.78 is 2.01. The summed E-state index contributed by atoms with van der Waals surface area (Å²) in [7, 11) is 0. The van der Waals surface area contributed by atoms with E-state index < -0.39 is 0 Å². The highest BCUT2D eigenvalue weighted by atomic mass is 32.1. The van der Waals surface area contributed by atoms with Crippen LogP contribution in [-0.2, 0) is 12.1 Å². The van der Waals surface area contributed by atoms with Crippen LogP contribution in [-0.4, -0.2) is 37.4 Å². The van der Waals surface area contributed by atoms with Gasteiger partial charge in [0, 0.05) is 10.9 Å². The van der Waals surface area contributed by atoms with E-state index in [2.05, 4.69) is 35.8 Å². The van der Waals surface area contributed by atoms with E-state index >= 15 is 0 Å². The predicted molar refractivity (Wildman–Crippen MR) is 92.3 cm³/mol. The molecule has 3 heterocycles. The van der Waals surface area contributed by atoms with Gasteiger partial charge in [0.05, 0.1) is 18.2 Å². The van der Waals surface area contributed by atoms with Crippen molar-refractivity contribution in [2.24, 2.45) is 0 Å². The summed E-state index contributed by atoms with van der Waals surface area (Å²) in [5.41, 5.74) is -0.0580. The quantitative estimate of drug-likeness (QED) is 0.912. The van der Waals surface area contributed by atoms with Gasteiger partial charge >= 0.3 is 0 Å². The average Bonchev–Trinajstić information content (AvgIpc) is 3.19. The third kappa shape index (κ3) is 3.82. The van der Waals surface area contributed by atoms with E-state index in [1.807, 2.05) is 22.2 Å². The van der Waals surface area contributed by atoms with E-state index in [1.165, 1.54) is 6.42 Å². The maximum atomic E-state index is 10.4. The van der Waals surface area contributed by atoms with Crippen LogP contribution in [0.25, 0.3) is 0 Å². The number of aliphatic hydroxyl groups excluding tert-OH is 1. The van der Waals surface area contributed by atoms with Gasteiger partial charge in [0.2, 0.25) is 0 Å². The van der Waals surface area contributed by atoms with Gasteiger partial charge in [-0.15, -0.1) is 11.3 Å². The monoisotopic (exact) mass is 334 g/mol. The van der Waals surface area contributed by atoms with Crippen molar-refractivity contribution >= 4 is 11.3 Å². The Hall–Kier alpha value is -1.24. The van der Waals surface area contributed by atoms with Gasteiger partial charge in [0.25, 0.3) is 0 Å². The Balaban J connectivity index is 1.67. The Morgan fingerprint density at radius 1 is 1.43 bits per heavy atom. The zero-order valence-electron chi connectivity index (χ0n) is 14.1. The molecule has 0 aromatic carbocycles. The summed E-state index contributed by atoms with van der Waals surface area (Å²) in [4.78, 5) is 7.97. The zero-order chi connectivity index (χ0) is 16.4. The van der Waals surface area contributed by atoms with Crippen LogP contribution in [0.3, 0.4) is 0 Å². The van der Waals surface area contributed by atoms with E-state index in [0.717, 1.165) is 36.6 Å². The fourth-order valence-corrected chi connectivity index (χ4v) is 4.06. The lowest BCUT2D eigenvalue weighted by molar-refractivity contribution is 0.117. The number of nitrogens with zero attached hydrogens (tertiary/aromatic N) is 4. The highest BCUT2D eigenvalue weighted by Gasteiger charge is 2.29. The van der Waals surface area contributed by atoms with E-state index in [0.29, 0.717) is 6.04 Å². The van der Waals surface area contributed by atoms with Crippen molar-refractivity contribution in [1.29, 1.82) is 0 Å². The Morgan fingerprint density at radius 3 is 2.96 bits per heavy atom. The fraction of sp³-hybridized carbons (Fsp3) is 0.647. The van der Waals surface area contributed by atoms with E-state index in [9.17, 15) is 5.11 Å². The number of rotatable bonds is 5. The van der Waals surface area contributed by atoms with Crippen LogP contribution < -0.4 is 0 Å². The van der Waals surface area contributed by atoms with Crippen LogP contribution in [0.2, 0.25) is 0 Å². The molecule has 1 aliphatic rings. The molecule has 2 aromatic heterocycles. The molecule has 1 N–H and O–H groups in total. The van der Waals surface area contributed by atoms with Gasteiger partial charge in [-0.25, -0.2) is 9.67 Å². The lowest BCUT2D eigenvalue weighted by atomic mass is 10.1. The van der Waals surface area contributed by atoms with Crippen molar-refractivity contribution in [3.8, 4) is 0 Å². The largest absolute Gasteiger partial charge is 0.388 e. The molecule has 6 heteroatoms. The molecule has 2 atom stereocenters. The van der Waals surface area contributed by atoms with Gasteiger partial charge in [-0.05, 0) is 58.0 Å². The van der Waals surface area contributed by atoms with Crippen molar-refractivity contribution in [1.82, 2.24) is 19.7 Å². The predicted octanol–water partition coefficient (Wildman–Crippen LogP) is 3.18. The summed E-state index contributed by atoms with van der Waals surface area (Å²) in [5.74, 6) is 1.01. The van der Waals surface area contributed by atoms with Gasteiger partial charge in [0.15, 0.2) is 0 Å². The summed E-state index contributed by atoms with van der Waals surface area (Å²) in [6.07, 6.45) is 4.41. The molecule has 1 aliphatic heterocycles. The SMILES string of the molecule is CC(C)(C)n1ncnc1CN1CCC[C@H]1C[C@H](O)c1cccs1. The molecule has 0 aliphatic carbocycles. The summed E-state index contributed by atoms with van der Waals surface area (Å²) >= 11 is 1.63. The van der Waals surface area contributed by atoms with E-state index in [1.54, 1.807) is 17.7 Å². The first kappa shape index (κ1) is 16.6. The fourth-order valence-electron chi connectivity index (χ4n) is 3.34. The maximum Gasteiger partial charge on any atom is 0.141 e. The number of likely N-dealkylation sites (tertiary alicyclic amines) is 1. The third-order valence-corrected chi connectivity index (χ3v) is 5.44. The van der Waals surface area contributed by atoms with Crippen LogP contribution in [0, 0.1) is 0 Å². The molecule has 0 amide bonds. The first-order chi connectivity index (χ1) is 10.9. The maximum absolute atomic E-state index is 10.4. The van der Waals surface area contributed by atoms with E-state index in [4.69, 9.17) is 0 Å². The lowest BCUT2D eigenvalue weighted by Gasteiger charge is -2.28. The lowest BCUT2D eigenvalue weighted by Crippen LogP contribution is -2.34. The number of hydrogen-bond acceptors (Lipinski definition) is 5. The van der Waals surface area contributed by atoms with Gasteiger partial charge in [-0.1, -0.05) is 6.07 Å². The molecule has 1 fully saturated rings. The molecule has 126 valence electrons. The van der Waals surface area contributed by atoms with Crippen molar-refractivity contribution in [3.63, 3.8) is 0 Å². The van der Waals surface area contributed by atoms with Crippen molar-refractivity contribution in [2.45, 2.75) is 64.3 Å². The average molecular weight is 334 g/mol. The van der Waals surface area contributed by atoms with Crippen LogP contribution in [0.4, 0.5) is 0 Å². The molecule has 2 aromatic rings. The standard InChI is InChI=1S/C17H26N4OS/c1-17(2,3)21-16(18-12-19-21)11-20-8-4-6-13(20)10-14(22)15-7-5-9-23-15/h5,7,9,12-14,22H,4,6,8,10-11H2,1-3H3/t13-,14-/m0/s1. The highest BCUT2D eigenvalue weighted by molar-refractivity contribution is 7.10. The number of thiophene rings is 1. The number of aromatic nitrogens is 3. The second kappa shape index (κ2) is 6.71. The number of aliphatic hydroxyl groups is 1. The third-order valence-electron chi connectivity index (χ3n) is 4.46. The Kier molecular flexibility index (Phi) is 4.85. The highest BCUT2D eigenvalue weighted by Crippen LogP contribution is 2.30. The molecular formula is C17H26N4OS. The molecule has 5 nitrogen and oxygen atoms in total.